The number of carbonyl (C=O) groups is 2. The Morgan fingerprint density at radius 3 is 2.72 bits per heavy atom. The molecule has 0 aliphatic carbocycles. The third-order valence-corrected chi connectivity index (χ3v) is 4.11. The van der Waals surface area contributed by atoms with Crippen molar-refractivity contribution in [2.24, 2.45) is 0 Å². The molecule has 2 amide bonds. The first-order chi connectivity index (χ1) is 11.9. The lowest BCUT2D eigenvalue weighted by molar-refractivity contribution is -0.135. The molecule has 7 heteroatoms. The Kier molecular flexibility index (Phi) is 4.36. The van der Waals surface area contributed by atoms with Gasteiger partial charge in [0.15, 0.2) is 0 Å². The highest BCUT2D eigenvalue weighted by molar-refractivity contribution is 6.08. The van der Waals surface area contributed by atoms with Crippen molar-refractivity contribution in [3.63, 3.8) is 0 Å². The molecule has 2 aromatic carbocycles. The molecule has 1 atom stereocenters. The van der Waals surface area contributed by atoms with Crippen LogP contribution in [0.5, 0.6) is 0 Å². The number of amides is 2. The molecule has 25 heavy (non-hydrogen) atoms. The zero-order chi connectivity index (χ0) is 18.0. The molecule has 0 spiro atoms. The van der Waals surface area contributed by atoms with Crippen LogP contribution in [-0.4, -0.2) is 35.2 Å². The predicted octanol–water partition coefficient (Wildman–Crippen LogP) is 2.93. The van der Waals surface area contributed by atoms with Crippen molar-refractivity contribution in [2.75, 3.05) is 11.9 Å². The first kappa shape index (κ1) is 16.8. The molecule has 1 saturated heterocycles. The Hall–Kier alpha value is -3.01. The quantitative estimate of drug-likeness (QED) is 0.871. The molecular weight excluding hydrogens is 328 g/mol. The molecule has 1 heterocycles. The number of halogens is 2. The summed E-state index contributed by atoms with van der Waals surface area (Å²) in [4.78, 5) is 25.1. The molecule has 1 aliphatic heterocycles. The summed E-state index contributed by atoms with van der Waals surface area (Å²) in [5.74, 6) is -4.47. The molecule has 5 nitrogen and oxygen atoms in total. The lowest BCUT2D eigenvalue weighted by Crippen LogP contribution is -2.37. The van der Waals surface area contributed by atoms with Gasteiger partial charge in [-0.1, -0.05) is 36.4 Å². The van der Waals surface area contributed by atoms with Gasteiger partial charge in [-0.25, -0.2) is 8.78 Å². The number of likely N-dealkylation sites (tertiary alicyclic amines) is 1. The van der Waals surface area contributed by atoms with Gasteiger partial charge in [-0.15, -0.1) is 0 Å². The molecule has 128 valence electrons. The number of hydrogen-bond donors (Lipinski definition) is 1. The van der Waals surface area contributed by atoms with Gasteiger partial charge in [-0.05, 0) is 11.5 Å². The van der Waals surface area contributed by atoms with E-state index in [9.17, 15) is 18.4 Å². The van der Waals surface area contributed by atoms with E-state index in [0.717, 1.165) is 15.7 Å². The maximum absolute atomic E-state index is 13.4. The summed E-state index contributed by atoms with van der Waals surface area (Å²) in [6.45, 7) is -0.828. The first-order valence-electron chi connectivity index (χ1n) is 7.74. The summed E-state index contributed by atoms with van der Waals surface area (Å²) in [5, 5.41) is 13.3. The molecule has 0 unspecified atom stereocenters. The summed E-state index contributed by atoms with van der Waals surface area (Å²) in [6, 6.07) is 13.3. The maximum Gasteiger partial charge on any atom is 0.268 e. The molecule has 0 bridgehead atoms. The van der Waals surface area contributed by atoms with E-state index < -0.39 is 43.2 Å². The standard InChI is InChI=1S/C18H15F2N3O2/c19-18(20)9-13(10-21)23(11-18)17(25)8-16(24)22-15-7-3-5-12-4-1-2-6-14(12)15/h1-7,13H,8-9,11H2,(H,22,24)/t13-/m0/s1. The monoisotopic (exact) mass is 343 g/mol. The van der Waals surface area contributed by atoms with Crippen molar-refractivity contribution >= 4 is 28.3 Å². The second-order valence-corrected chi connectivity index (χ2v) is 5.98. The van der Waals surface area contributed by atoms with E-state index in [-0.39, 0.29) is 0 Å². The van der Waals surface area contributed by atoms with Crippen LogP contribution >= 0.6 is 0 Å². The molecule has 0 aromatic heterocycles. The van der Waals surface area contributed by atoms with E-state index in [0.29, 0.717) is 5.69 Å². The van der Waals surface area contributed by atoms with Crippen molar-refractivity contribution < 1.29 is 18.4 Å². The minimum absolute atomic E-state index is 0.541. The van der Waals surface area contributed by atoms with Crippen LogP contribution in [0.4, 0.5) is 14.5 Å². The zero-order valence-corrected chi connectivity index (χ0v) is 13.2. The van der Waals surface area contributed by atoms with E-state index in [4.69, 9.17) is 5.26 Å². The van der Waals surface area contributed by atoms with E-state index >= 15 is 0 Å². The molecule has 1 N–H and O–H groups in total. The van der Waals surface area contributed by atoms with E-state index in [1.54, 1.807) is 18.2 Å². The number of rotatable bonds is 3. The van der Waals surface area contributed by atoms with Gasteiger partial charge in [0.2, 0.25) is 11.8 Å². The number of hydrogen-bond acceptors (Lipinski definition) is 3. The van der Waals surface area contributed by atoms with Gasteiger partial charge in [0, 0.05) is 17.5 Å². The van der Waals surface area contributed by atoms with Crippen molar-refractivity contribution in [3.8, 4) is 6.07 Å². The Morgan fingerprint density at radius 1 is 1.24 bits per heavy atom. The minimum atomic E-state index is -3.10. The molecule has 1 aliphatic rings. The Balaban J connectivity index is 1.70. The normalized spacial score (nSPS) is 18.8. The van der Waals surface area contributed by atoms with Gasteiger partial charge in [0.1, 0.15) is 12.5 Å². The van der Waals surface area contributed by atoms with E-state index in [2.05, 4.69) is 5.32 Å². The van der Waals surface area contributed by atoms with Crippen LogP contribution in [0.25, 0.3) is 10.8 Å². The van der Waals surface area contributed by atoms with Crippen LogP contribution in [0.3, 0.4) is 0 Å². The lowest BCUT2D eigenvalue weighted by Gasteiger charge is -2.19. The lowest BCUT2D eigenvalue weighted by atomic mass is 10.1. The Labute approximate surface area is 142 Å². The Morgan fingerprint density at radius 2 is 1.96 bits per heavy atom. The fourth-order valence-electron chi connectivity index (χ4n) is 2.96. The van der Waals surface area contributed by atoms with Gasteiger partial charge < -0.3 is 10.2 Å². The highest BCUT2D eigenvalue weighted by Gasteiger charge is 2.47. The van der Waals surface area contributed by atoms with Crippen molar-refractivity contribution in [1.29, 1.82) is 5.26 Å². The van der Waals surface area contributed by atoms with Crippen molar-refractivity contribution in [3.05, 3.63) is 42.5 Å². The van der Waals surface area contributed by atoms with Gasteiger partial charge in [0.05, 0.1) is 12.6 Å². The second kappa shape index (κ2) is 6.48. The fourth-order valence-corrected chi connectivity index (χ4v) is 2.96. The smallest absolute Gasteiger partial charge is 0.268 e. The van der Waals surface area contributed by atoms with Gasteiger partial charge >= 0.3 is 0 Å². The third-order valence-electron chi connectivity index (χ3n) is 4.11. The first-order valence-corrected chi connectivity index (χ1v) is 7.74. The van der Waals surface area contributed by atoms with Crippen molar-refractivity contribution in [1.82, 2.24) is 4.90 Å². The minimum Gasteiger partial charge on any atom is -0.325 e. The largest absolute Gasteiger partial charge is 0.325 e. The van der Waals surface area contributed by atoms with Gasteiger partial charge in [-0.2, -0.15) is 5.26 Å². The number of anilines is 1. The number of carbonyl (C=O) groups excluding carboxylic acids is 2. The average Bonchev–Trinajstić information content (AvgIpc) is 2.90. The van der Waals surface area contributed by atoms with Crippen LogP contribution < -0.4 is 5.32 Å². The highest BCUT2D eigenvalue weighted by Crippen LogP contribution is 2.32. The predicted molar refractivity (Wildman–Crippen MR) is 87.9 cm³/mol. The SMILES string of the molecule is N#C[C@@H]1CC(F)(F)CN1C(=O)CC(=O)Nc1cccc2ccccc12. The number of nitrogens with zero attached hydrogens (tertiary/aromatic N) is 2. The Bertz CT molecular complexity index is 871. The number of nitrogens with one attached hydrogen (secondary N) is 1. The molecule has 0 radical (unpaired) electrons. The number of benzene rings is 2. The second-order valence-electron chi connectivity index (χ2n) is 5.98. The maximum atomic E-state index is 13.4. The third kappa shape index (κ3) is 3.58. The summed E-state index contributed by atoms with van der Waals surface area (Å²) in [5.41, 5.74) is 0.541. The summed E-state index contributed by atoms with van der Waals surface area (Å²) >= 11 is 0. The zero-order valence-electron chi connectivity index (χ0n) is 13.2. The summed E-state index contributed by atoms with van der Waals surface area (Å²) in [7, 11) is 0. The van der Waals surface area contributed by atoms with E-state index in [1.807, 2.05) is 30.3 Å². The topological polar surface area (TPSA) is 73.2 Å². The highest BCUT2D eigenvalue weighted by atomic mass is 19.3. The number of fused-ring (bicyclic) bond motifs is 1. The van der Waals surface area contributed by atoms with Crippen LogP contribution in [-0.2, 0) is 9.59 Å². The van der Waals surface area contributed by atoms with Crippen molar-refractivity contribution in [2.45, 2.75) is 24.8 Å². The average molecular weight is 343 g/mol. The molecule has 2 aromatic rings. The van der Waals surface area contributed by atoms with Gasteiger partial charge in [-0.3, -0.25) is 9.59 Å². The number of alkyl halides is 2. The summed E-state index contributed by atoms with van der Waals surface area (Å²) < 4.78 is 26.8. The van der Waals surface area contributed by atoms with Crippen LogP contribution in [0, 0.1) is 11.3 Å². The van der Waals surface area contributed by atoms with Crippen LogP contribution in [0.1, 0.15) is 12.8 Å². The van der Waals surface area contributed by atoms with Gasteiger partial charge in [0.25, 0.3) is 5.92 Å². The van der Waals surface area contributed by atoms with Crippen LogP contribution in [0.2, 0.25) is 0 Å². The summed E-state index contributed by atoms with van der Waals surface area (Å²) in [6.07, 6.45) is -1.28. The molecular formula is C18H15F2N3O2. The molecule has 0 saturated carbocycles. The number of nitriles is 1. The van der Waals surface area contributed by atoms with Crippen LogP contribution in [0.15, 0.2) is 42.5 Å². The molecule has 1 fully saturated rings. The van der Waals surface area contributed by atoms with E-state index in [1.165, 1.54) is 0 Å². The fraction of sp³-hybridized carbons (Fsp3) is 0.278. The molecule has 3 rings (SSSR count).